The smallest absolute Gasteiger partial charge is 0.243 e. The van der Waals surface area contributed by atoms with Gasteiger partial charge in [-0.1, -0.05) is 23.2 Å². The Morgan fingerprint density at radius 2 is 1.76 bits per heavy atom. The number of carbonyl (C=O) groups is 2. The van der Waals surface area contributed by atoms with Gasteiger partial charge in [0.2, 0.25) is 11.8 Å². The largest absolute Gasteiger partial charge is 0.358 e. The zero-order valence-electron chi connectivity index (χ0n) is 11.2. The fraction of sp³-hybridized carbons (Fsp3) is 0.286. The summed E-state index contributed by atoms with van der Waals surface area (Å²) in [6.45, 7) is 1.65. The van der Waals surface area contributed by atoms with E-state index in [0.717, 1.165) is 16.6 Å². The molecule has 5 nitrogen and oxygen atoms in total. The summed E-state index contributed by atoms with van der Waals surface area (Å²) in [5.74, 6) is -0.362. The molecule has 0 saturated carbocycles. The number of aromatic nitrogens is 1. The molecule has 21 heavy (non-hydrogen) atoms. The molecular weight excluding hydrogens is 313 g/mol. The highest BCUT2D eigenvalue weighted by Crippen LogP contribution is 2.28. The minimum Gasteiger partial charge on any atom is -0.358 e. The van der Waals surface area contributed by atoms with E-state index >= 15 is 0 Å². The summed E-state index contributed by atoms with van der Waals surface area (Å²) >= 11 is 12.0. The van der Waals surface area contributed by atoms with Crippen LogP contribution in [-0.2, 0) is 16.0 Å². The first-order valence-corrected chi connectivity index (χ1v) is 7.27. The number of benzene rings is 1. The van der Waals surface area contributed by atoms with Crippen molar-refractivity contribution in [3.05, 3.63) is 33.9 Å². The number of hydrogen-bond donors (Lipinski definition) is 3. The van der Waals surface area contributed by atoms with Crippen LogP contribution in [0.5, 0.6) is 0 Å². The highest BCUT2D eigenvalue weighted by Gasteiger charge is 2.31. The number of rotatable bonds is 2. The SMILES string of the molecule is CC1NC(=O)C(Cc2cc3cc(Cl)c(Cl)cc3[nH]2)NC1=O. The van der Waals surface area contributed by atoms with Crippen LogP contribution in [0.2, 0.25) is 10.0 Å². The van der Waals surface area contributed by atoms with E-state index in [1.807, 2.05) is 6.07 Å². The summed E-state index contributed by atoms with van der Waals surface area (Å²) in [6, 6.07) is 4.34. The minimum absolute atomic E-state index is 0.179. The van der Waals surface area contributed by atoms with Gasteiger partial charge in [0.05, 0.1) is 10.0 Å². The van der Waals surface area contributed by atoms with Crippen LogP contribution in [0.4, 0.5) is 0 Å². The molecule has 1 aliphatic rings. The maximum absolute atomic E-state index is 11.9. The molecule has 0 spiro atoms. The summed E-state index contributed by atoms with van der Waals surface area (Å²) in [6.07, 6.45) is 0.383. The van der Waals surface area contributed by atoms with Crippen molar-refractivity contribution in [1.29, 1.82) is 0 Å². The van der Waals surface area contributed by atoms with E-state index in [4.69, 9.17) is 23.2 Å². The van der Waals surface area contributed by atoms with Crippen LogP contribution in [0.15, 0.2) is 18.2 Å². The standard InChI is InChI=1S/C14H13Cl2N3O2/c1-6-13(20)19-12(14(21)17-6)4-8-2-7-3-9(15)10(16)5-11(7)18-8/h2-3,5-6,12,18H,4H2,1H3,(H,17,21)(H,19,20). The highest BCUT2D eigenvalue weighted by molar-refractivity contribution is 6.42. The first-order valence-electron chi connectivity index (χ1n) is 6.51. The van der Waals surface area contributed by atoms with Crippen molar-refractivity contribution in [3.63, 3.8) is 0 Å². The number of H-pyrrole nitrogens is 1. The number of piperazine rings is 1. The molecular formula is C14H13Cl2N3O2. The van der Waals surface area contributed by atoms with Gasteiger partial charge >= 0.3 is 0 Å². The molecule has 7 heteroatoms. The van der Waals surface area contributed by atoms with Crippen LogP contribution in [0.25, 0.3) is 10.9 Å². The fourth-order valence-electron chi connectivity index (χ4n) is 2.40. The molecule has 2 unspecified atom stereocenters. The molecule has 2 heterocycles. The van der Waals surface area contributed by atoms with Crippen LogP contribution in [0.3, 0.4) is 0 Å². The molecule has 110 valence electrons. The van der Waals surface area contributed by atoms with E-state index in [9.17, 15) is 9.59 Å². The number of fused-ring (bicyclic) bond motifs is 1. The monoisotopic (exact) mass is 325 g/mol. The number of carbonyl (C=O) groups excluding carboxylic acids is 2. The number of nitrogens with one attached hydrogen (secondary N) is 3. The Morgan fingerprint density at radius 1 is 1.05 bits per heavy atom. The maximum atomic E-state index is 11.9. The zero-order chi connectivity index (χ0) is 15.1. The first kappa shape index (κ1) is 14.2. The third-order valence-electron chi connectivity index (χ3n) is 3.53. The number of hydrogen-bond acceptors (Lipinski definition) is 2. The highest BCUT2D eigenvalue weighted by atomic mass is 35.5. The molecule has 1 fully saturated rings. The fourth-order valence-corrected chi connectivity index (χ4v) is 2.74. The number of amides is 2. The Hall–Kier alpha value is -1.72. The lowest BCUT2D eigenvalue weighted by Crippen LogP contribution is -2.61. The number of aromatic amines is 1. The van der Waals surface area contributed by atoms with Gasteiger partial charge in [0.15, 0.2) is 0 Å². The molecule has 1 aliphatic heterocycles. The van der Waals surface area contributed by atoms with Gasteiger partial charge in [0.1, 0.15) is 12.1 Å². The Balaban J connectivity index is 1.85. The molecule has 3 rings (SSSR count). The Bertz CT molecular complexity index is 702. The van der Waals surface area contributed by atoms with Crippen molar-refractivity contribution in [2.45, 2.75) is 25.4 Å². The molecule has 0 bridgehead atoms. The van der Waals surface area contributed by atoms with Gasteiger partial charge in [-0.3, -0.25) is 9.59 Å². The van der Waals surface area contributed by atoms with Crippen LogP contribution in [0.1, 0.15) is 12.6 Å². The van der Waals surface area contributed by atoms with Gasteiger partial charge < -0.3 is 15.6 Å². The Morgan fingerprint density at radius 3 is 2.52 bits per heavy atom. The van der Waals surface area contributed by atoms with Crippen molar-refractivity contribution in [2.24, 2.45) is 0 Å². The quantitative estimate of drug-likeness (QED) is 0.790. The van der Waals surface area contributed by atoms with E-state index in [1.54, 1.807) is 19.1 Å². The van der Waals surface area contributed by atoms with Crippen molar-refractivity contribution >= 4 is 45.9 Å². The molecule has 1 saturated heterocycles. The normalized spacial score (nSPS) is 22.2. The summed E-state index contributed by atoms with van der Waals surface area (Å²) in [7, 11) is 0. The topological polar surface area (TPSA) is 74.0 Å². The Labute approximate surface area is 131 Å². The van der Waals surface area contributed by atoms with Gasteiger partial charge in [0.25, 0.3) is 0 Å². The number of halogens is 2. The van der Waals surface area contributed by atoms with E-state index in [0.29, 0.717) is 16.5 Å². The summed E-state index contributed by atoms with van der Waals surface area (Å²) < 4.78 is 0. The lowest BCUT2D eigenvalue weighted by molar-refractivity contribution is -0.136. The van der Waals surface area contributed by atoms with Crippen molar-refractivity contribution in [1.82, 2.24) is 15.6 Å². The molecule has 0 aliphatic carbocycles. The van der Waals surface area contributed by atoms with Crippen LogP contribution in [-0.4, -0.2) is 28.9 Å². The van der Waals surface area contributed by atoms with E-state index in [-0.39, 0.29) is 11.8 Å². The second-order valence-electron chi connectivity index (χ2n) is 5.14. The van der Waals surface area contributed by atoms with Crippen LogP contribution < -0.4 is 10.6 Å². The molecule has 2 atom stereocenters. The van der Waals surface area contributed by atoms with Crippen molar-refractivity contribution in [3.8, 4) is 0 Å². The van der Waals surface area contributed by atoms with E-state index in [2.05, 4.69) is 15.6 Å². The lowest BCUT2D eigenvalue weighted by atomic mass is 10.1. The van der Waals surface area contributed by atoms with Gasteiger partial charge in [-0.2, -0.15) is 0 Å². The average Bonchev–Trinajstić information content (AvgIpc) is 2.78. The second-order valence-corrected chi connectivity index (χ2v) is 5.96. The zero-order valence-corrected chi connectivity index (χ0v) is 12.7. The van der Waals surface area contributed by atoms with Gasteiger partial charge in [0, 0.05) is 23.0 Å². The minimum atomic E-state index is -0.576. The van der Waals surface area contributed by atoms with Gasteiger partial charge in [-0.25, -0.2) is 0 Å². The summed E-state index contributed by atoms with van der Waals surface area (Å²) in [5.41, 5.74) is 1.67. The van der Waals surface area contributed by atoms with E-state index < -0.39 is 12.1 Å². The van der Waals surface area contributed by atoms with Gasteiger partial charge in [-0.15, -0.1) is 0 Å². The third kappa shape index (κ3) is 2.71. The van der Waals surface area contributed by atoms with Gasteiger partial charge in [-0.05, 0) is 25.1 Å². The Kier molecular flexibility index (Phi) is 3.55. The van der Waals surface area contributed by atoms with Crippen LogP contribution in [0, 0.1) is 0 Å². The lowest BCUT2D eigenvalue weighted by Gasteiger charge is -2.27. The average molecular weight is 326 g/mol. The second kappa shape index (κ2) is 5.24. The van der Waals surface area contributed by atoms with E-state index in [1.165, 1.54) is 0 Å². The molecule has 2 amide bonds. The third-order valence-corrected chi connectivity index (χ3v) is 4.25. The summed E-state index contributed by atoms with van der Waals surface area (Å²) in [5, 5.41) is 7.21. The molecule has 1 aromatic heterocycles. The summed E-state index contributed by atoms with van der Waals surface area (Å²) in [4.78, 5) is 26.7. The molecule has 2 aromatic rings. The van der Waals surface area contributed by atoms with Crippen molar-refractivity contribution < 1.29 is 9.59 Å². The maximum Gasteiger partial charge on any atom is 0.243 e. The molecule has 1 aromatic carbocycles. The predicted molar refractivity (Wildman–Crippen MR) is 81.6 cm³/mol. The molecule has 0 radical (unpaired) electrons. The van der Waals surface area contributed by atoms with Crippen LogP contribution >= 0.6 is 23.2 Å². The first-order chi connectivity index (χ1) is 9.94. The molecule has 3 N–H and O–H groups in total. The predicted octanol–water partition coefficient (Wildman–Crippen LogP) is 2.02. The van der Waals surface area contributed by atoms with Crippen molar-refractivity contribution in [2.75, 3.05) is 0 Å².